The quantitative estimate of drug-likeness (QED) is 0.636. The zero-order chi connectivity index (χ0) is 16.9. The summed E-state index contributed by atoms with van der Waals surface area (Å²) in [5.74, 6) is -0.329. The molecule has 0 heterocycles. The van der Waals surface area contributed by atoms with E-state index in [9.17, 15) is 9.90 Å². The monoisotopic (exact) mass is 325 g/mol. The van der Waals surface area contributed by atoms with E-state index in [4.69, 9.17) is 16.3 Å². The van der Waals surface area contributed by atoms with E-state index < -0.39 is 5.97 Å². The second-order valence-corrected chi connectivity index (χ2v) is 6.56. The molecule has 0 radical (unpaired) electrons. The van der Waals surface area contributed by atoms with Crippen molar-refractivity contribution < 1.29 is 14.6 Å². The molecule has 4 nitrogen and oxygen atoms in total. The van der Waals surface area contributed by atoms with Gasteiger partial charge in [0.15, 0.2) is 0 Å². The Balaban J connectivity index is 2.90. The number of carbonyl (C=O) groups is 1. The summed E-state index contributed by atoms with van der Waals surface area (Å²) in [5.41, 5.74) is 2.32. The third kappa shape index (κ3) is 5.26. The molecule has 0 aliphatic rings. The predicted molar refractivity (Wildman–Crippen MR) is 89.0 cm³/mol. The number of nitrogens with one attached hydrogen (secondary N) is 1. The van der Waals surface area contributed by atoms with Crippen LogP contribution in [0.25, 0.3) is 0 Å². The average Bonchev–Trinajstić information content (AvgIpc) is 2.39. The normalized spacial score (nSPS) is 12.2. The molecule has 0 saturated heterocycles. The van der Waals surface area contributed by atoms with Crippen LogP contribution >= 0.6 is 11.6 Å². The Hall–Kier alpha value is -1.68. The number of hydrogen-bond donors (Lipinski definition) is 2. The minimum absolute atomic E-state index is 0.0612. The van der Waals surface area contributed by atoms with Crippen LogP contribution in [0.5, 0.6) is 5.75 Å². The van der Waals surface area contributed by atoms with Crippen LogP contribution in [-0.2, 0) is 21.5 Å². The number of halogens is 1. The van der Waals surface area contributed by atoms with Gasteiger partial charge in [0.05, 0.1) is 11.6 Å². The van der Waals surface area contributed by atoms with Gasteiger partial charge in [-0.25, -0.2) is 4.79 Å². The number of phenolic OH excluding ortho intramolecular Hbond substituents is 1. The molecule has 0 spiro atoms. The maximum Gasteiger partial charge on any atom is 0.332 e. The molecule has 0 aliphatic heterocycles. The van der Waals surface area contributed by atoms with Gasteiger partial charge in [0.25, 0.3) is 0 Å². The van der Waals surface area contributed by atoms with E-state index in [2.05, 4.69) is 26.1 Å². The lowest BCUT2D eigenvalue weighted by Gasteiger charge is -2.21. The molecule has 122 valence electrons. The van der Waals surface area contributed by atoms with Gasteiger partial charge in [-0.2, -0.15) is 0 Å². The van der Waals surface area contributed by atoms with Crippen molar-refractivity contribution in [2.24, 2.45) is 0 Å². The fraction of sp³-hybridized carbons (Fsp3) is 0.471. The maximum atomic E-state index is 11.4. The summed E-state index contributed by atoms with van der Waals surface area (Å²) >= 11 is 6.10. The Morgan fingerprint density at radius 3 is 2.59 bits per heavy atom. The van der Waals surface area contributed by atoms with Crippen LogP contribution in [0.3, 0.4) is 0 Å². The zero-order valence-electron chi connectivity index (χ0n) is 13.8. The molecule has 5 heteroatoms. The standard InChI is InChI=1S/C17H24ClNO3/c1-6-22-15(20)7-11(2)19-10-12-8-13(17(3,4)5)9-14(18)16(12)21/h7-9,19,21H,6,10H2,1-5H3/b11-7-. The van der Waals surface area contributed by atoms with Gasteiger partial charge in [-0.3, -0.25) is 0 Å². The first-order chi connectivity index (χ1) is 10.1. The second kappa shape index (κ2) is 7.54. The van der Waals surface area contributed by atoms with E-state index >= 15 is 0 Å². The van der Waals surface area contributed by atoms with Crippen LogP contribution in [0.2, 0.25) is 5.02 Å². The summed E-state index contributed by atoms with van der Waals surface area (Å²) in [6.45, 7) is 10.5. The molecule has 0 amide bonds. The third-order valence-corrected chi connectivity index (χ3v) is 3.48. The van der Waals surface area contributed by atoms with Crippen LogP contribution in [-0.4, -0.2) is 17.7 Å². The topological polar surface area (TPSA) is 58.6 Å². The number of benzene rings is 1. The van der Waals surface area contributed by atoms with Crippen molar-refractivity contribution >= 4 is 17.6 Å². The van der Waals surface area contributed by atoms with E-state index in [-0.39, 0.29) is 11.2 Å². The Labute approximate surface area is 137 Å². The Morgan fingerprint density at radius 2 is 2.05 bits per heavy atom. The molecule has 22 heavy (non-hydrogen) atoms. The molecule has 0 fully saturated rings. The summed E-state index contributed by atoms with van der Waals surface area (Å²) in [4.78, 5) is 11.4. The number of rotatable bonds is 5. The summed E-state index contributed by atoms with van der Waals surface area (Å²) in [5, 5.41) is 13.5. The van der Waals surface area contributed by atoms with Gasteiger partial charge < -0.3 is 15.2 Å². The largest absolute Gasteiger partial charge is 0.506 e. The molecule has 2 N–H and O–H groups in total. The first kappa shape index (κ1) is 18.4. The molecule has 0 aromatic heterocycles. The van der Waals surface area contributed by atoms with Gasteiger partial charge in [-0.15, -0.1) is 0 Å². The van der Waals surface area contributed by atoms with Crippen LogP contribution in [0.1, 0.15) is 45.7 Å². The minimum Gasteiger partial charge on any atom is -0.506 e. The lowest BCUT2D eigenvalue weighted by Crippen LogP contribution is -2.15. The number of carbonyl (C=O) groups excluding carboxylic acids is 1. The van der Waals surface area contributed by atoms with Gasteiger partial charge in [0.2, 0.25) is 0 Å². The zero-order valence-corrected chi connectivity index (χ0v) is 14.5. The second-order valence-electron chi connectivity index (χ2n) is 6.15. The summed E-state index contributed by atoms with van der Waals surface area (Å²) < 4.78 is 4.85. The highest BCUT2D eigenvalue weighted by Gasteiger charge is 2.18. The van der Waals surface area contributed by atoms with Gasteiger partial charge >= 0.3 is 5.97 Å². The molecule has 0 saturated carbocycles. The Morgan fingerprint density at radius 1 is 1.41 bits per heavy atom. The number of phenols is 1. The van der Waals surface area contributed by atoms with E-state index in [1.54, 1.807) is 19.9 Å². The predicted octanol–water partition coefficient (Wildman–Crippen LogP) is 3.90. The van der Waals surface area contributed by atoms with Crippen molar-refractivity contribution in [3.05, 3.63) is 40.1 Å². The molecule has 0 aliphatic carbocycles. The van der Waals surface area contributed by atoms with Crippen LogP contribution in [0, 0.1) is 0 Å². The number of aromatic hydroxyl groups is 1. The molecule has 1 rings (SSSR count). The van der Waals surface area contributed by atoms with Gasteiger partial charge in [0.1, 0.15) is 5.75 Å². The first-order valence-electron chi connectivity index (χ1n) is 7.26. The van der Waals surface area contributed by atoms with E-state index in [0.29, 0.717) is 29.4 Å². The van der Waals surface area contributed by atoms with Crippen LogP contribution < -0.4 is 5.32 Å². The fourth-order valence-electron chi connectivity index (χ4n) is 1.87. The summed E-state index contributed by atoms with van der Waals surface area (Å²) in [6.07, 6.45) is 1.38. The first-order valence-corrected chi connectivity index (χ1v) is 7.63. The van der Waals surface area contributed by atoms with Crippen molar-refractivity contribution in [1.82, 2.24) is 5.32 Å². The highest BCUT2D eigenvalue weighted by atomic mass is 35.5. The molecule has 0 atom stereocenters. The highest BCUT2D eigenvalue weighted by Crippen LogP contribution is 2.34. The lowest BCUT2D eigenvalue weighted by molar-refractivity contribution is -0.137. The smallest absolute Gasteiger partial charge is 0.332 e. The van der Waals surface area contributed by atoms with Crippen molar-refractivity contribution in [3.8, 4) is 5.75 Å². The van der Waals surface area contributed by atoms with Crippen LogP contribution in [0.4, 0.5) is 0 Å². The molecular weight excluding hydrogens is 302 g/mol. The molecular formula is C17H24ClNO3. The van der Waals surface area contributed by atoms with Crippen molar-refractivity contribution in [2.45, 2.75) is 46.6 Å². The fourth-order valence-corrected chi connectivity index (χ4v) is 2.11. The Bertz CT molecular complexity index is 574. The average molecular weight is 326 g/mol. The summed E-state index contributed by atoms with van der Waals surface area (Å²) in [6, 6.07) is 3.70. The minimum atomic E-state index is -0.391. The number of hydrogen-bond acceptors (Lipinski definition) is 4. The molecule has 0 unspecified atom stereocenters. The lowest BCUT2D eigenvalue weighted by atomic mass is 9.86. The van der Waals surface area contributed by atoms with Crippen molar-refractivity contribution in [1.29, 1.82) is 0 Å². The molecule has 1 aromatic rings. The van der Waals surface area contributed by atoms with Gasteiger partial charge in [0, 0.05) is 23.9 Å². The van der Waals surface area contributed by atoms with Crippen molar-refractivity contribution in [2.75, 3.05) is 6.61 Å². The number of allylic oxidation sites excluding steroid dienone is 1. The molecule has 1 aromatic carbocycles. The van der Waals surface area contributed by atoms with E-state index in [1.165, 1.54) is 6.08 Å². The van der Waals surface area contributed by atoms with Crippen molar-refractivity contribution in [3.63, 3.8) is 0 Å². The highest BCUT2D eigenvalue weighted by molar-refractivity contribution is 6.32. The van der Waals surface area contributed by atoms with E-state index in [1.807, 2.05) is 6.07 Å². The SMILES string of the molecule is CCOC(=O)/C=C(/C)NCc1cc(C(C)(C)C)cc(Cl)c1O. The Kier molecular flexibility index (Phi) is 6.30. The van der Waals surface area contributed by atoms with Crippen LogP contribution in [0.15, 0.2) is 23.9 Å². The van der Waals surface area contributed by atoms with Gasteiger partial charge in [-0.05, 0) is 37.0 Å². The third-order valence-electron chi connectivity index (χ3n) is 3.19. The molecule has 0 bridgehead atoms. The number of ether oxygens (including phenoxy) is 1. The van der Waals surface area contributed by atoms with E-state index in [0.717, 1.165) is 5.56 Å². The summed E-state index contributed by atoms with van der Waals surface area (Å²) in [7, 11) is 0. The number of esters is 1. The maximum absolute atomic E-state index is 11.4. The van der Waals surface area contributed by atoms with Gasteiger partial charge in [-0.1, -0.05) is 32.4 Å².